The second kappa shape index (κ2) is 8.29. The number of carbonyl (C=O) groups excluding carboxylic acids is 1. The summed E-state index contributed by atoms with van der Waals surface area (Å²) in [6, 6.07) is 9.49. The second-order valence-electron chi connectivity index (χ2n) is 7.08. The van der Waals surface area contributed by atoms with E-state index >= 15 is 0 Å². The van der Waals surface area contributed by atoms with Crippen molar-refractivity contribution in [3.05, 3.63) is 46.6 Å². The lowest BCUT2D eigenvalue weighted by molar-refractivity contribution is -0.113. The van der Waals surface area contributed by atoms with Crippen molar-refractivity contribution in [2.75, 3.05) is 11.1 Å². The molecule has 0 bridgehead atoms. The molecule has 142 valence electrons. The molecule has 0 aliphatic heterocycles. The molecule has 28 heavy (non-hydrogen) atoms. The van der Waals surface area contributed by atoms with Crippen LogP contribution in [0.4, 0.5) is 5.69 Å². The van der Waals surface area contributed by atoms with Crippen molar-refractivity contribution in [2.45, 2.75) is 37.6 Å². The Bertz CT molecular complexity index is 1050. The van der Waals surface area contributed by atoms with Crippen molar-refractivity contribution in [1.82, 2.24) is 9.97 Å². The van der Waals surface area contributed by atoms with Gasteiger partial charge in [-0.1, -0.05) is 30.8 Å². The zero-order valence-electron chi connectivity index (χ0n) is 15.6. The number of nitrogens with zero attached hydrogens (tertiary/aromatic N) is 3. The molecule has 3 aromatic rings. The highest BCUT2D eigenvalue weighted by Gasteiger charge is 2.23. The normalized spacial score (nSPS) is 15.8. The molecule has 2 aromatic heterocycles. The van der Waals surface area contributed by atoms with Gasteiger partial charge < -0.3 is 5.32 Å². The minimum atomic E-state index is -0.0671. The summed E-state index contributed by atoms with van der Waals surface area (Å²) in [6.07, 6.45) is 5.35. The fraction of sp³-hybridized carbons (Fsp3) is 0.333. The average molecular weight is 409 g/mol. The molecule has 4 rings (SSSR count). The van der Waals surface area contributed by atoms with Gasteiger partial charge in [-0.3, -0.25) is 4.79 Å². The molecule has 1 amide bonds. The lowest BCUT2D eigenvalue weighted by Crippen LogP contribution is -2.14. The Kier molecular flexibility index (Phi) is 5.60. The Morgan fingerprint density at radius 1 is 1.36 bits per heavy atom. The lowest BCUT2D eigenvalue weighted by atomic mass is 9.89. The minimum Gasteiger partial charge on any atom is -0.325 e. The first kappa shape index (κ1) is 18.9. The van der Waals surface area contributed by atoms with Gasteiger partial charge in [0.15, 0.2) is 0 Å². The number of nitriles is 1. The highest BCUT2D eigenvalue weighted by atomic mass is 32.2. The molecule has 0 spiro atoms. The number of aromatic nitrogens is 2. The van der Waals surface area contributed by atoms with Gasteiger partial charge in [0, 0.05) is 16.0 Å². The van der Waals surface area contributed by atoms with Gasteiger partial charge in [0.1, 0.15) is 16.2 Å². The average Bonchev–Trinajstić information content (AvgIpc) is 3.06. The van der Waals surface area contributed by atoms with Gasteiger partial charge >= 0.3 is 0 Å². The number of fused-ring (bicyclic) bond motifs is 3. The van der Waals surface area contributed by atoms with Gasteiger partial charge in [-0.2, -0.15) is 5.26 Å². The van der Waals surface area contributed by atoms with Gasteiger partial charge in [-0.25, -0.2) is 9.97 Å². The topological polar surface area (TPSA) is 78.7 Å². The van der Waals surface area contributed by atoms with E-state index in [0.29, 0.717) is 12.2 Å². The van der Waals surface area contributed by atoms with E-state index in [1.165, 1.54) is 28.6 Å². The number of hydrogen-bond donors (Lipinski definition) is 1. The number of carbonyl (C=O) groups is 1. The van der Waals surface area contributed by atoms with Crippen molar-refractivity contribution < 1.29 is 4.79 Å². The third-order valence-corrected chi connectivity index (χ3v) is 7.07. The van der Waals surface area contributed by atoms with Crippen LogP contribution in [0.25, 0.3) is 10.2 Å². The monoisotopic (exact) mass is 408 g/mol. The summed E-state index contributed by atoms with van der Waals surface area (Å²) < 4.78 is 0. The molecule has 2 heterocycles. The van der Waals surface area contributed by atoms with Crippen LogP contribution in [0.15, 0.2) is 35.6 Å². The molecule has 1 aliphatic rings. The van der Waals surface area contributed by atoms with Crippen LogP contribution in [-0.2, 0) is 24.1 Å². The van der Waals surface area contributed by atoms with Crippen molar-refractivity contribution in [3.63, 3.8) is 0 Å². The molecule has 0 saturated carbocycles. The van der Waals surface area contributed by atoms with Crippen molar-refractivity contribution in [2.24, 2.45) is 5.92 Å². The fourth-order valence-electron chi connectivity index (χ4n) is 3.48. The summed E-state index contributed by atoms with van der Waals surface area (Å²) in [5, 5.41) is 13.7. The number of benzene rings is 1. The first-order valence-electron chi connectivity index (χ1n) is 9.28. The third kappa shape index (κ3) is 4.03. The first-order chi connectivity index (χ1) is 13.6. The van der Waals surface area contributed by atoms with Gasteiger partial charge in [0.2, 0.25) is 5.91 Å². The van der Waals surface area contributed by atoms with Gasteiger partial charge in [0.25, 0.3) is 0 Å². The predicted molar refractivity (Wildman–Crippen MR) is 114 cm³/mol. The zero-order valence-corrected chi connectivity index (χ0v) is 17.2. The smallest absolute Gasteiger partial charge is 0.234 e. The summed E-state index contributed by atoms with van der Waals surface area (Å²) in [5.74, 6) is 0.949. The largest absolute Gasteiger partial charge is 0.325 e. The Labute approximate surface area is 172 Å². The second-order valence-corrected chi connectivity index (χ2v) is 9.13. The molecule has 0 saturated heterocycles. The van der Waals surface area contributed by atoms with Crippen molar-refractivity contribution >= 4 is 44.9 Å². The van der Waals surface area contributed by atoms with Crippen LogP contribution >= 0.6 is 23.1 Å². The quantitative estimate of drug-likeness (QED) is 0.492. The minimum absolute atomic E-state index is 0.0671. The molecule has 7 heteroatoms. The van der Waals surface area contributed by atoms with E-state index in [-0.39, 0.29) is 5.91 Å². The lowest BCUT2D eigenvalue weighted by Gasteiger charge is -2.18. The molecule has 0 radical (unpaired) electrons. The van der Waals surface area contributed by atoms with E-state index in [1.54, 1.807) is 17.7 Å². The summed E-state index contributed by atoms with van der Waals surface area (Å²) in [5.41, 5.74) is 3.06. The molecular formula is C21H20N4OS2. The van der Waals surface area contributed by atoms with E-state index in [9.17, 15) is 4.79 Å². The predicted octanol–water partition coefficient (Wildman–Crippen LogP) is 4.61. The number of thioether (sulfide) groups is 1. The van der Waals surface area contributed by atoms with E-state index < -0.39 is 0 Å². The number of amides is 1. The highest BCUT2D eigenvalue weighted by molar-refractivity contribution is 8.00. The summed E-state index contributed by atoms with van der Waals surface area (Å²) >= 11 is 3.24. The number of hydrogen-bond acceptors (Lipinski definition) is 6. The fourth-order valence-corrected chi connectivity index (χ4v) is 5.72. The molecule has 0 fully saturated rings. The molecule has 1 N–H and O–H groups in total. The van der Waals surface area contributed by atoms with Crippen LogP contribution in [-0.4, -0.2) is 21.6 Å². The Morgan fingerprint density at radius 2 is 2.18 bits per heavy atom. The summed E-state index contributed by atoms with van der Waals surface area (Å²) in [7, 11) is 0. The standard InChI is InChI=1S/C21H20N4OS2/c1-13-2-7-16-17(10-13)28-21-19(16)20(23-12-24-21)27-11-18(26)25-15-5-3-14(4-6-15)8-9-22/h3-6,12-13H,2,7-8,10-11H2,1H3,(H,25,26)/t13-/m0/s1. The Hall–Kier alpha value is -2.43. The van der Waals surface area contributed by atoms with Gasteiger partial charge in [0.05, 0.1) is 18.2 Å². The van der Waals surface area contributed by atoms with Gasteiger partial charge in [-0.15, -0.1) is 11.3 Å². The maximum absolute atomic E-state index is 12.4. The molecule has 0 unspecified atom stereocenters. The third-order valence-electron chi connectivity index (χ3n) is 4.92. The molecule has 5 nitrogen and oxygen atoms in total. The van der Waals surface area contributed by atoms with Crippen LogP contribution in [0, 0.1) is 17.2 Å². The van der Waals surface area contributed by atoms with E-state index in [4.69, 9.17) is 5.26 Å². The van der Waals surface area contributed by atoms with Crippen molar-refractivity contribution in [1.29, 1.82) is 5.26 Å². The number of aryl methyl sites for hydroxylation is 1. The maximum Gasteiger partial charge on any atom is 0.234 e. The molecule has 1 atom stereocenters. The van der Waals surface area contributed by atoms with E-state index in [2.05, 4.69) is 28.3 Å². The number of thiophene rings is 1. The molecule has 1 aliphatic carbocycles. The van der Waals surface area contributed by atoms with E-state index in [1.807, 2.05) is 24.3 Å². The summed E-state index contributed by atoms with van der Waals surface area (Å²) in [4.78, 5) is 23.8. The van der Waals surface area contributed by atoms with Crippen LogP contribution in [0.2, 0.25) is 0 Å². The van der Waals surface area contributed by atoms with Crippen LogP contribution in [0.1, 0.15) is 29.3 Å². The van der Waals surface area contributed by atoms with Crippen LogP contribution in [0.3, 0.4) is 0 Å². The molecular weight excluding hydrogens is 388 g/mol. The maximum atomic E-state index is 12.4. The van der Waals surface area contributed by atoms with Crippen LogP contribution < -0.4 is 5.32 Å². The first-order valence-corrected chi connectivity index (χ1v) is 11.1. The number of rotatable bonds is 5. The van der Waals surface area contributed by atoms with Crippen molar-refractivity contribution in [3.8, 4) is 6.07 Å². The van der Waals surface area contributed by atoms with E-state index in [0.717, 1.165) is 45.3 Å². The SMILES string of the molecule is C[C@H]1CCc2c(sc3ncnc(SCC(=O)Nc4ccc(CC#N)cc4)c23)C1. The number of anilines is 1. The molecule has 1 aromatic carbocycles. The Morgan fingerprint density at radius 3 is 2.96 bits per heavy atom. The van der Waals surface area contributed by atoms with Gasteiger partial charge in [-0.05, 0) is 48.4 Å². The highest BCUT2D eigenvalue weighted by Crippen LogP contribution is 2.40. The zero-order chi connectivity index (χ0) is 19.5. The van der Waals surface area contributed by atoms with Crippen LogP contribution in [0.5, 0.6) is 0 Å². The number of nitrogens with one attached hydrogen (secondary N) is 1. The summed E-state index contributed by atoms with van der Waals surface area (Å²) in [6.45, 7) is 2.30. The Balaban J connectivity index is 1.45.